The highest BCUT2D eigenvalue weighted by atomic mass is 35.5. The van der Waals surface area contributed by atoms with Crippen LogP contribution in [0.5, 0.6) is 0 Å². The standard InChI is InChI=1S/C18H18ClNO4/c19-13-7-5-12(6-8-13)11-24-16(21)9-10-20-17(22)14-3-1-2-4-15(14)18(20)23/h1-2,5-8,14-15H,3-4,9-11H2/t14-,15-/m1/s1. The summed E-state index contributed by atoms with van der Waals surface area (Å²) in [4.78, 5) is 37.6. The van der Waals surface area contributed by atoms with E-state index in [9.17, 15) is 14.4 Å². The molecule has 2 atom stereocenters. The average molecular weight is 348 g/mol. The number of hydrogen-bond donors (Lipinski definition) is 0. The number of rotatable bonds is 5. The molecule has 2 amide bonds. The van der Waals surface area contributed by atoms with E-state index < -0.39 is 5.97 Å². The minimum absolute atomic E-state index is 0.0118. The third kappa shape index (κ3) is 3.51. The average Bonchev–Trinajstić information content (AvgIpc) is 2.84. The molecule has 1 aliphatic heterocycles. The van der Waals surface area contributed by atoms with Gasteiger partial charge in [0.2, 0.25) is 11.8 Å². The van der Waals surface area contributed by atoms with Crippen LogP contribution in [0.4, 0.5) is 0 Å². The molecule has 3 rings (SSSR count). The lowest BCUT2D eigenvalue weighted by Crippen LogP contribution is -2.33. The van der Waals surface area contributed by atoms with Crippen LogP contribution in [-0.4, -0.2) is 29.2 Å². The van der Waals surface area contributed by atoms with E-state index in [0.717, 1.165) is 5.56 Å². The van der Waals surface area contributed by atoms with Crippen molar-refractivity contribution >= 4 is 29.4 Å². The van der Waals surface area contributed by atoms with Crippen LogP contribution >= 0.6 is 11.6 Å². The molecule has 0 saturated carbocycles. The summed E-state index contributed by atoms with van der Waals surface area (Å²) in [5, 5.41) is 0.618. The van der Waals surface area contributed by atoms with Crippen LogP contribution in [0.15, 0.2) is 36.4 Å². The number of imide groups is 1. The minimum atomic E-state index is -0.432. The fraction of sp³-hybridized carbons (Fsp3) is 0.389. The van der Waals surface area contributed by atoms with Crippen LogP contribution in [0.25, 0.3) is 0 Å². The summed E-state index contributed by atoms with van der Waals surface area (Å²) in [7, 11) is 0. The lowest BCUT2D eigenvalue weighted by Gasteiger charge is -2.14. The summed E-state index contributed by atoms with van der Waals surface area (Å²) in [6, 6.07) is 7.01. The molecule has 1 heterocycles. The SMILES string of the molecule is O=C(CCN1C(=O)[C@@H]2CC=CC[C@H]2C1=O)OCc1ccc(Cl)cc1. The zero-order chi connectivity index (χ0) is 17.1. The van der Waals surface area contributed by atoms with Gasteiger partial charge < -0.3 is 4.74 Å². The van der Waals surface area contributed by atoms with Crippen LogP contribution in [0.1, 0.15) is 24.8 Å². The predicted octanol–water partition coefficient (Wildman–Crippen LogP) is 2.72. The Labute approximate surface area is 145 Å². The minimum Gasteiger partial charge on any atom is -0.461 e. The van der Waals surface area contributed by atoms with E-state index in [0.29, 0.717) is 17.9 Å². The zero-order valence-electron chi connectivity index (χ0n) is 13.1. The number of hydrogen-bond acceptors (Lipinski definition) is 4. The largest absolute Gasteiger partial charge is 0.461 e. The van der Waals surface area contributed by atoms with Gasteiger partial charge in [-0.25, -0.2) is 0 Å². The molecule has 1 saturated heterocycles. The molecular formula is C18H18ClNO4. The Morgan fingerprint density at radius 3 is 2.25 bits per heavy atom. The molecule has 0 bridgehead atoms. The maximum absolute atomic E-state index is 12.3. The normalized spacial score (nSPS) is 22.6. The number of benzene rings is 1. The zero-order valence-corrected chi connectivity index (χ0v) is 13.9. The Hall–Kier alpha value is -2.14. The summed E-state index contributed by atoms with van der Waals surface area (Å²) in [5.74, 6) is -1.28. The molecule has 126 valence electrons. The van der Waals surface area contributed by atoms with Gasteiger partial charge in [-0.1, -0.05) is 35.9 Å². The first kappa shape index (κ1) is 16.7. The number of carbonyl (C=O) groups is 3. The lowest BCUT2D eigenvalue weighted by molar-refractivity contribution is -0.146. The molecule has 0 radical (unpaired) electrons. The second kappa shape index (κ2) is 7.18. The van der Waals surface area contributed by atoms with Crippen molar-refractivity contribution in [3.63, 3.8) is 0 Å². The highest BCUT2D eigenvalue weighted by Crippen LogP contribution is 2.35. The van der Waals surface area contributed by atoms with Crippen molar-refractivity contribution in [2.24, 2.45) is 11.8 Å². The van der Waals surface area contributed by atoms with E-state index in [1.165, 1.54) is 4.90 Å². The third-order valence-corrected chi connectivity index (χ3v) is 4.70. The van der Waals surface area contributed by atoms with Crippen LogP contribution in [0.3, 0.4) is 0 Å². The van der Waals surface area contributed by atoms with E-state index in [1.54, 1.807) is 24.3 Å². The van der Waals surface area contributed by atoms with Crippen molar-refractivity contribution in [2.45, 2.75) is 25.9 Å². The van der Waals surface area contributed by atoms with Gasteiger partial charge in [-0.15, -0.1) is 0 Å². The molecule has 1 aliphatic carbocycles. The second-order valence-corrected chi connectivity index (χ2v) is 6.46. The molecule has 2 aliphatic rings. The number of esters is 1. The molecule has 1 aromatic carbocycles. The number of likely N-dealkylation sites (tertiary alicyclic amines) is 1. The monoisotopic (exact) mass is 347 g/mol. The van der Waals surface area contributed by atoms with Crippen LogP contribution in [0, 0.1) is 11.8 Å². The number of allylic oxidation sites excluding steroid dienone is 2. The van der Waals surface area contributed by atoms with Gasteiger partial charge in [0.25, 0.3) is 0 Å². The topological polar surface area (TPSA) is 63.7 Å². The summed E-state index contributed by atoms with van der Waals surface area (Å²) >= 11 is 5.79. The maximum atomic E-state index is 12.3. The summed E-state index contributed by atoms with van der Waals surface area (Å²) in [6.07, 6.45) is 5.10. The number of halogens is 1. The van der Waals surface area contributed by atoms with Crippen LogP contribution < -0.4 is 0 Å². The number of fused-ring (bicyclic) bond motifs is 1. The summed E-state index contributed by atoms with van der Waals surface area (Å²) in [6.45, 7) is 0.233. The molecule has 0 spiro atoms. The van der Waals surface area contributed by atoms with Gasteiger partial charge in [0, 0.05) is 11.6 Å². The highest BCUT2D eigenvalue weighted by Gasteiger charge is 2.46. The van der Waals surface area contributed by atoms with E-state index in [1.807, 2.05) is 12.2 Å². The molecule has 24 heavy (non-hydrogen) atoms. The Balaban J connectivity index is 1.48. The summed E-state index contributed by atoms with van der Waals surface area (Å²) in [5.41, 5.74) is 0.832. The van der Waals surface area contributed by atoms with E-state index in [4.69, 9.17) is 16.3 Å². The first-order valence-corrected chi connectivity index (χ1v) is 8.34. The fourth-order valence-corrected chi connectivity index (χ4v) is 3.24. The molecule has 0 aromatic heterocycles. The summed E-state index contributed by atoms with van der Waals surface area (Å²) < 4.78 is 5.17. The van der Waals surface area contributed by atoms with Gasteiger partial charge in [0.05, 0.1) is 18.3 Å². The smallest absolute Gasteiger partial charge is 0.307 e. The first-order valence-electron chi connectivity index (χ1n) is 7.96. The van der Waals surface area contributed by atoms with Gasteiger partial charge in [0.15, 0.2) is 0 Å². The Bertz CT molecular complexity index is 657. The van der Waals surface area contributed by atoms with Crippen molar-refractivity contribution in [1.29, 1.82) is 0 Å². The van der Waals surface area contributed by atoms with Gasteiger partial charge in [-0.05, 0) is 30.5 Å². The first-order chi connectivity index (χ1) is 11.6. The molecule has 6 heteroatoms. The van der Waals surface area contributed by atoms with Crippen molar-refractivity contribution in [1.82, 2.24) is 4.90 Å². The molecule has 0 unspecified atom stereocenters. The predicted molar refractivity (Wildman–Crippen MR) is 87.9 cm³/mol. The van der Waals surface area contributed by atoms with Gasteiger partial charge in [-0.3, -0.25) is 19.3 Å². The van der Waals surface area contributed by atoms with Gasteiger partial charge in [0.1, 0.15) is 6.61 Å². The van der Waals surface area contributed by atoms with E-state index in [2.05, 4.69) is 0 Å². The molecule has 1 fully saturated rings. The molecule has 5 nitrogen and oxygen atoms in total. The fourth-order valence-electron chi connectivity index (χ4n) is 3.11. The van der Waals surface area contributed by atoms with Crippen LogP contribution in [-0.2, 0) is 25.7 Å². The van der Waals surface area contributed by atoms with Crippen molar-refractivity contribution < 1.29 is 19.1 Å². The Kier molecular flexibility index (Phi) is 5.00. The van der Waals surface area contributed by atoms with Crippen LogP contribution in [0.2, 0.25) is 5.02 Å². The molecule has 0 N–H and O–H groups in total. The third-order valence-electron chi connectivity index (χ3n) is 4.45. The van der Waals surface area contributed by atoms with E-state index >= 15 is 0 Å². The maximum Gasteiger partial charge on any atom is 0.307 e. The second-order valence-electron chi connectivity index (χ2n) is 6.02. The number of carbonyl (C=O) groups excluding carboxylic acids is 3. The van der Waals surface area contributed by atoms with Gasteiger partial charge in [-0.2, -0.15) is 0 Å². The molecule has 1 aromatic rings. The quantitative estimate of drug-likeness (QED) is 0.467. The van der Waals surface area contributed by atoms with Gasteiger partial charge >= 0.3 is 5.97 Å². The van der Waals surface area contributed by atoms with Crippen molar-refractivity contribution in [3.05, 3.63) is 47.0 Å². The Morgan fingerprint density at radius 2 is 1.67 bits per heavy atom. The van der Waals surface area contributed by atoms with Crippen molar-refractivity contribution in [3.8, 4) is 0 Å². The van der Waals surface area contributed by atoms with E-state index in [-0.39, 0.29) is 43.2 Å². The highest BCUT2D eigenvalue weighted by molar-refractivity contribution is 6.30. The lowest BCUT2D eigenvalue weighted by atomic mass is 9.85. The Morgan fingerprint density at radius 1 is 1.08 bits per heavy atom. The van der Waals surface area contributed by atoms with Crippen molar-refractivity contribution in [2.75, 3.05) is 6.54 Å². The number of ether oxygens (including phenoxy) is 1. The molecular weight excluding hydrogens is 330 g/mol. The number of nitrogens with zero attached hydrogens (tertiary/aromatic N) is 1. The number of amides is 2.